The van der Waals surface area contributed by atoms with E-state index in [4.69, 9.17) is 17.0 Å². The molecule has 0 aromatic heterocycles. The minimum absolute atomic E-state index is 0. The first-order chi connectivity index (χ1) is 21.2. The molecule has 7 unspecified atom stereocenters. The van der Waals surface area contributed by atoms with Crippen LogP contribution in [-0.2, 0) is 20.8 Å². The summed E-state index contributed by atoms with van der Waals surface area (Å²) < 4.78 is 0. The molecule has 3 aliphatic carbocycles. The van der Waals surface area contributed by atoms with E-state index in [1.807, 2.05) is 0 Å². The Morgan fingerprint density at radius 2 is 1.30 bits per heavy atom. The van der Waals surface area contributed by atoms with Crippen molar-refractivity contribution in [2.75, 3.05) is 0 Å². The van der Waals surface area contributed by atoms with Crippen molar-refractivity contribution < 1.29 is 20.8 Å². The summed E-state index contributed by atoms with van der Waals surface area (Å²) >= 11 is -0.826. The van der Waals surface area contributed by atoms with Crippen LogP contribution >= 0.6 is 17.0 Å². The molecule has 250 valence electrons. The summed E-state index contributed by atoms with van der Waals surface area (Å²) in [6.45, 7) is 14.0. The Kier molecular flexibility index (Phi) is 15.6. The fourth-order valence-corrected chi connectivity index (χ4v) is 24.2. The quantitative estimate of drug-likeness (QED) is 0.158. The van der Waals surface area contributed by atoms with Crippen LogP contribution in [0.1, 0.15) is 87.7 Å². The molecule has 0 bridgehead atoms. The molecule has 46 heavy (non-hydrogen) atoms. The van der Waals surface area contributed by atoms with Gasteiger partial charge in [-0.1, -0.05) is 157 Å². The van der Waals surface area contributed by atoms with Gasteiger partial charge in [0.15, 0.2) is 0 Å². The van der Waals surface area contributed by atoms with E-state index in [2.05, 4.69) is 118 Å². The van der Waals surface area contributed by atoms with Crippen LogP contribution in [0.2, 0.25) is 37.3 Å². The van der Waals surface area contributed by atoms with Gasteiger partial charge in [-0.15, -0.1) is 0 Å². The number of hydrogen-bond acceptors (Lipinski definition) is 0. The zero-order valence-electron chi connectivity index (χ0n) is 29.7. The van der Waals surface area contributed by atoms with E-state index in [1.54, 1.807) is 11.1 Å². The third-order valence-electron chi connectivity index (χ3n) is 13.1. The summed E-state index contributed by atoms with van der Waals surface area (Å²) in [5, 5.41) is 0. The van der Waals surface area contributed by atoms with Gasteiger partial charge in [-0.25, -0.2) is 0 Å². The van der Waals surface area contributed by atoms with Crippen molar-refractivity contribution >= 4 is 32.2 Å². The predicted octanol–water partition coefficient (Wildman–Crippen LogP) is 14.2. The molecular weight excluding hydrogens is 711 g/mol. The Hall–Kier alpha value is -0.443. The molecular formula is C41H60Cl2Si2Zr. The number of benzene rings is 3. The van der Waals surface area contributed by atoms with E-state index >= 15 is 0 Å². The fraction of sp³-hybridized carbons (Fsp3) is 0.512. The second kappa shape index (κ2) is 18.0. The molecule has 0 nitrogen and oxygen atoms in total. The first kappa shape index (κ1) is 40.0. The Labute approximate surface area is 304 Å². The Balaban J connectivity index is 0.00000111. The van der Waals surface area contributed by atoms with Crippen LogP contribution in [0, 0.1) is 32.6 Å². The average molecular weight is 771 g/mol. The van der Waals surface area contributed by atoms with Crippen molar-refractivity contribution in [2.45, 2.75) is 114 Å². The minimum atomic E-state index is -1.37. The van der Waals surface area contributed by atoms with E-state index in [-0.39, 0.29) is 14.9 Å². The van der Waals surface area contributed by atoms with Crippen LogP contribution in [0.5, 0.6) is 0 Å². The van der Waals surface area contributed by atoms with Crippen LogP contribution in [0.15, 0.2) is 84.9 Å². The van der Waals surface area contributed by atoms with E-state index in [0.29, 0.717) is 5.92 Å². The molecule has 5 heteroatoms. The molecule has 3 fully saturated rings. The van der Waals surface area contributed by atoms with Crippen molar-refractivity contribution in [3.05, 3.63) is 111 Å². The summed E-state index contributed by atoms with van der Waals surface area (Å²) in [6, 6.07) is 31.9. The van der Waals surface area contributed by atoms with Crippen LogP contribution in [0.25, 0.3) is 11.1 Å². The van der Waals surface area contributed by atoms with E-state index in [1.165, 1.54) is 68.9 Å². The number of halogens is 2. The fourth-order valence-electron chi connectivity index (χ4n) is 10.2. The standard InChI is InChI=1S/C39H54Si2.2CH3.2ClH.Zr/c1-29(31-15-8-6-9-16-31)27-30-23-24-33(28-30)40(2,3)41(4,5)39-26-25-37-36(21-14-22-38(37)39)35-20-13-12-19-34(35)32-17-10-7-11-18-32;;;;;/h6-13,15-20,29-30,33,36-39H,14,21-28H2,1-5H3;2*1H3;2*1H;/q;2*-1;;;+4/p-2. The maximum absolute atomic E-state index is 4.93. The Morgan fingerprint density at radius 3 is 1.98 bits per heavy atom. The maximum atomic E-state index is 4.93. The van der Waals surface area contributed by atoms with Gasteiger partial charge in [-0.2, -0.15) is 0 Å². The second-order valence-corrected chi connectivity index (χ2v) is 35.3. The van der Waals surface area contributed by atoms with Gasteiger partial charge < -0.3 is 14.9 Å². The Bertz CT molecular complexity index is 1310. The topological polar surface area (TPSA) is 0 Å². The molecule has 0 spiro atoms. The van der Waals surface area contributed by atoms with Gasteiger partial charge in [0.1, 0.15) is 0 Å². The van der Waals surface area contributed by atoms with E-state index in [0.717, 1.165) is 34.8 Å². The number of rotatable bonds is 8. The van der Waals surface area contributed by atoms with Gasteiger partial charge in [0.25, 0.3) is 0 Å². The molecule has 0 radical (unpaired) electrons. The average Bonchev–Trinajstić information content (AvgIpc) is 3.70. The second-order valence-electron chi connectivity index (χ2n) is 15.4. The molecule has 7 atom stereocenters. The van der Waals surface area contributed by atoms with Gasteiger partial charge in [0, 0.05) is 15.2 Å². The third kappa shape index (κ3) is 8.64. The van der Waals surface area contributed by atoms with E-state index < -0.39 is 36.0 Å². The zero-order chi connectivity index (χ0) is 31.3. The number of fused-ring (bicyclic) bond motifs is 1. The summed E-state index contributed by atoms with van der Waals surface area (Å²) in [7, 11) is 7.16. The molecule has 3 saturated carbocycles. The third-order valence-corrected chi connectivity index (χ3v) is 33.9. The van der Waals surface area contributed by atoms with Crippen molar-refractivity contribution in [3.63, 3.8) is 0 Å². The predicted molar refractivity (Wildman–Crippen MR) is 208 cm³/mol. The molecule has 0 saturated heterocycles. The van der Waals surface area contributed by atoms with Crippen LogP contribution in [0.4, 0.5) is 0 Å². The molecule has 3 aromatic rings. The summed E-state index contributed by atoms with van der Waals surface area (Å²) in [5.74, 6) is 4.26. The SMILES string of the molecule is CC(CC1CCC([Si](C)(C)[Si](C)(C)C2CCC3C(c4ccccc4-c4ccccc4)CCCC32)C1)c1ccccc1.[CH3-].[CH3-].[Cl][Zr+2][Cl]. The van der Waals surface area contributed by atoms with Crippen LogP contribution in [0.3, 0.4) is 0 Å². The van der Waals surface area contributed by atoms with E-state index in [9.17, 15) is 0 Å². The van der Waals surface area contributed by atoms with Gasteiger partial charge in [-0.3, -0.25) is 0 Å². The van der Waals surface area contributed by atoms with Gasteiger partial charge in [0.05, 0.1) is 0 Å². The van der Waals surface area contributed by atoms with Crippen molar-refractivity contribution in [1.29, 1.82) is 0 Å². The van der Waals surface area contributed by atoms with Crippen LogP contribution in [-0.4, -0.2) is 15.2 Å². The molecule has 0 amide bonds. The summed E-state index contributed by atoms with van der Waals surface area (Å²) in [6.07, 6.45) is 13.3. The van der Waals surface area contributed by atoms with Gasteiger partial charge in [-0.05, 0) is 82.2 Å². The normalized spacial score (nSPS) is 26.3. The van der Waals surface area contributed by atoms with Crippen molar-refractivity contribution in [3.8, 4) is 11.1 Å². The zero-order valence-corrected chi connectivity index (χ0v) is 35.7. The first-order valence-corrected chi connectivity index (χ1v) is 30.8. The van der Waals surface area contributed by atoms with Crippen molar-refractivity contribution in [1.82, 2.24) is 0 Å². The van der Waals surface area contributed by atoms with Gasteiger partial charge in [0.2, 0.25) is 0 Å². The molecule has 0 aliphatic heterocycles. The molecule has 3 aliphatic rings. The Morgan fingerprint density at radius 1 is 0.696 bits per heavy atom. The molecule has 6 rings (SSSR count). The molecule has 0 N–H and O–H groups in total. The number of hydrogen-bond donors (Lipinski definition) is 0. The van der Waals surface area contributed by atoms with Crippen LogP contribution < -0.4 is 0 Å². The molecule has 0 heterocycles. The molecule has 3 aromatic carbocycles. The summed E-state index contributed by atoms with van der Waals surface area (Å²) in [5.41, 5.74) is 8.18. The monoisotopic (exact) mass is 768 g/mol. The van der Waals surface area contributed by atoms with Crippen molar-refractivity contribution in [2.24, 2.45) is 17.8 Å². The van der Waals surface area contributed by atoms with Gasteiger partial charge >= 0.3 is 37.9 Å². The summed E-state index contributed by atoms with van der Waals surface area (Å²) in [4.78, 5) is 0. The first-order valence-electron chi connectivity index (χ1n) is 17.3.